The Hall–Kier alpha value is -2.64. The van der Waals surface area contributed by atoms with E-state index in [1.165, 1.54) is 6.07 Å². The average Bonchev–Trinajstić information content (AvgIpc) is 3.14. The molecule has 2 aliphatic heterocycles. The van der Waals surface area contributed by atoms with Gasteiger partial charge in [-0.15, -0.1) is 11.8 Å². The molecule has 2 aliphatic rings. The highest BCUT2D eigenvalue weighted by atomic mass is 32.2. The van der Waals surface area contributed by atoms with Gasteiger partial charge >= 0.3 is 0 Å². The number of hydrogen-bond acceptors (Lipinski definition) is 4. The number of rotatable bonds is 2. The summed E-state index contributed by atoms with van der Waals surface area (Å²) in [5.74, 6) is 0.148. The molecule has 0 N–H and O–H groups in total. The van der Waals surface area contributed by atoms with Gasteiger partial charge in [0.1, 0.15) is 11.5 Å². The number of thioether (sulfide) groups is 1. The van der Waals surface area contributed by atoms with E-state index in [4.69, 9.17) is 4.74 Å². The van der Waals surface area contributed by atoms with Crippen LogP contribution in [-0.2, 0) is 10.5 Å². The Kier molecular flexibility index (Phi) is 4.41. The fourth-order valence-corrected chi connectivity index (χ4v) is 4.76. The van der Waals surface area contributed by atoms with Crippen molar-refractivity contribution in [3.05, 3.63) is 65.6 Å². The monoisotopic (exact) mass is 395 g/mol. The molecule has 1 fully saturated rings. The summed E-state index contributed by atoms with van der Waals surface area (Å²) in [4.78, 5) is 16.1. The van der Waals surface area contributed by atoms with Crippen molar-refractivity contribution in [2.45, 2.75) is 10.6 Å². The molecule has 5 nitrogen and oxygen atoms in total. The van der Waals surface area contributed by atoms with Gasteiger partial charge in [0.2, 0.25) is 0 Å². The minimum absolute atomic E-state index is 0.116. The quantitative estimate of drug-likeness (QED) is 0.663. The summed E-state index contributed by atoms with van der Waals surface area (Å²) in [6.45, 7) is 2.15. The van der Waals surface area contributed by atoms with Gasteiger partial charge in [0.05, 0.1) is 18.9 Å². The molecule has 0 spiro atoms. The highest BCUT2D eigenvalue weighted by Gasteiger charge is 2.32. The molecule has 5 rings (SSSR count). The Morgan fingerprint density at radius 2 is 1.82 bits per heavy atom. The SMILES string of the molecule is O=C(c1nn(-c2ccccc2F)c2c1CSc1ccccc1-2)N1CCOCC1. The molecule has 2 aromatic carbocycles. The molecular formula is C21H18FN3O2S. The molecule has 142 valence electrons. The number of hydrogen-bond donors (Lipinski definition) is 0. The lowest BCUT2D eigenvalue weighted by atomic mass is 10.0. The fraction of sp³-hybridized carbons (Fsp3) is 0.238. The highest BCUT2D eigenvalue weighted by Crippen LogP contribution is 2.44. The van der Waals surface area contributed by atoms with Crippen molar-refractivity contribution in [1.82, 2.24) is 14.7 Å². The number of aromatic nitrogens is 2. The van der Waals surface area contributed by atoms with E-state index < -0.39 is 0 Å². The zero-order valence-corrected chi connectivity index (χ0v) is 15.9. The summed E-state index contributed by atoms with van der Waals surface area (Å²) < 4.78 is 21.6. The summed E-state index contributed by atoms with van der Waals surface area (Å²) >= 11 is 1.68. The number of para-hydroxylation sites is 1. The molecule has 1 amide bonds. The number of halogens is 1. The van der Waals surface area contributed by atoms with Crippen molar-refractivity contribution in [2.24, 2.45) is 0 Å². The second kappa shape index (κ2) is 7.07. The van der Waals surface area contributed by atoms with Crippen LogP contribution in [0.15, 0.2) is 53.4 Å². The van der Waals surface area contributed by atoms with Crippen molar-refractivity contribution in [3.8, 4) is 16.9 Å². The van der Waals surface area contributed by atoms with Crippen molar-refractivity contribution < 1.29 is 13.9 Å². The molecule has 1 saturated heterocycles. The first kappa shape index (κ1) is 17.5. The first-order valence-electron chi connectivity index (χ1n) is 9.20. The van der Waals surface area contributed by atoms with Crippen LogP contribution in [0.1, 0.15) is 16.1 Å². The molecule has 0 unspecified atom stereocenters. The predicted octanol–water partition coefficient (Wildman–Crippen LogP) is 3.76. The summed E-state index contributed by atoms with van der Waals surface area (Å²) in [5.41, 5.74) is 3.40. The fourth-order valence-electron chi connectivity index (χ4n) is 3.69. The Morgan fingerprint density at radius 1 is 1.07 bits per heavy atom. The minimum Gasteiger partial charge on any atom is -0.378 e. The number of ether oxygens (including phenoxy) is 1. The Morgan fingerprint density at radius 3 is 2.64 bits per heavy atom. The van der Waals surface area contributed by atoms with Gasteiger partial charge in [-0.25, -0.2) is 9.07 Å². The molecule has 7 heteroatoms. The number of amides is 1. The summed E-state index contributed by atoms with van der Waals surface area (Å²) in [5, 5.41) is 4.63. The van der Waals surface area contributed by atoms with Crippen LogP contribution in [0.25, 0.3) is 16.9 Å². The second-order valence-corrected chi connectivity index (χ2v) is 7.75. The van der Waals surface area contributed by atoms with Gasteiger partial charge in [0, 0.05) is 34.9 Å². The van der Waals surface area contributed by atoms with E-state index >= 15 is 0 Å². The van der Waals surface area contributed by atoms with E-state index in [0.717, 1.165) is 21.7 Å². The van der Waals surface area contributed by atoms with E-state index in [2.05, 4.69) is 5.10 Å². The maximum absolute atomic E-state index is 14.6. The number of carbonyl (C=O) groups excluding carboxylic acids is 1. The molecule has 1 aromatic heterocycles. The third-order valence-electron chi connectivity index (χ3n) is 5.08. The van der Waals surface area contributed by atoms with E-state index in [9.17, 15) is 9.18 Å². The van der Waals surface area contributed by atoms with E-state index in [1.54, 1.807) is 39.5 Å². The maximum Gasteiger partial charge on any atom is 0.274 e. The Labute approximate surface area is 166 Å². The topological polar surface area (TPSA) is 47.4 Å². The van der Waals surface area contributed by atoms with Gasteiger partial charge in [0.25, 0.3) is 5.91 Å². The largest absolute Gasteiger partial charge is 0.378 e. The van der Waals surface area contributed by atoms with Gasteiger partial charge in [-0.2, -0.15) is 5.10 Å². The number of benzene rings is 2. The summed E-state index contributed by atoms with van der Waals surface area (Å²) in [7, 11) is 0. The third-order valence-corrected chi connectivity index (χ3v) is 6.18. The number of morpholine rings is 1. The smallest absolute Gasteiger partial charge is 0.274 e. The van der Waals surface area contributed by atoms with Gasteiger partial charge in [-0.3, -0.25) is 4.79 Å². The van der Waals surface area contributed by atoms with Gasteiger partial charge in [-0.1, -0.05) is 30.3 Å². The van der Waals surface area contributed by atoms with Gasteiger partial charge in [-0.05, 0) is 18.2 Å². The van der Waals surface area contributed by atoms with E-state index in [0.29, 0.717) is 43.4 Å². The van der Waals surface area contributed by atoms with E-state index in [1.807, 2.05) is 24.3 Å². The molecule has 0 bridgehead atoms. The molecule has 3 aromatic rings. The maximum atomic E-state index is 14.6. The number of fused-ring (bicyclic) bond motifs is 3. The van der Waals surface area contributed by atoms with Crippen LogP contribution in [0.2, 0.25) is 0 Å². The predicted molar refractivity (Wildman–Crippen MR) is 105 cm³/mol. The second-order valence-electron chi connectivity index (χ2n) is 6.73. The molecule has 28 heavy (non-hydrogen) atoms. The van der Waals surface area contributed by atoms with Crippen LogP contribution >= 0.6 is 11.8 Å². The van der Waals surface area contributed by atoms with Crippen LogP contribution in [0.3, 0.4) is 0 Å². The van der Waals surface area contributed by atoms with Crippen molar-refractivity contribution >= 4 is 17.7 Å². The summed E-state index contributed by atoms with van der Waals surface area (Å²) in [6, 6.07) is 14.5. The molecule has 3 heterocycles. The molecule has 0 aliphatic carbocycles. The standard InChI is InChI=1S/C21H18FN3O2S/c22-16-6-2-3-7-17(16)25-20-14-5-1-4-8-18(14)28-13-15(20)19(23-25)21(26)24-9-11-27-12-10-24/h1-8H,9-13H2. The lowest BCUT2D eigenvalue weighted by Gasteiger charge is -2.26. The highest BCUT2D eigenvalue weighted by molar-refractivity contribution is 7.98. The van der Waals surface area contributed by atoms with Crippen molar-refractivity contribution in [3.63, 3.8) is 0 Å². The zero-order chi connectivity index (χ0) is 19.1. The Bertz CT molecular complexity index is 1060. The van der Waals surface area contributed by atoms with Crippen LogP contribution in [0.4, 0.5) is 4.39 Å². The number of carbonyl (C=O) groups is 1. The molecule has 0 saturated carbocycles. The minimum atomic E-state index is -0.367. The third kappa shape index (κ3) is 2.82. The average molecular weight is 395 g/mol. The molecule has 0 atom stereocenters. The van der Waals surface area contributed by atoms with Crippen molar-refractivity contribution in [2.75, 3.05) is 26.3 Å². The lowest BCUT2D eigenvalue weighted by Crippen LogP contribution is -2.41. The van der Waals surface area contributed by atoms with E-state index in [-0.39, 0.29) is 11.7 Å². The number of nitrogens with zero attached hydrogens (tertiary/aromatic N) is 3. The molecule has 0 radical (unpaired) electrons. The van der Waals surface area contributed by atoms with Crippen LogP contribution in [-0.4, -0.2) is 46.9 Å². The van der Waals surface area contributed by atoms with Crippen LogP contribution in [0, 0.1) is 5.82 Å². The van der Waals surface area contributed by atoms with Gasteiger partial charge < -0.3 is 9.64 Å². The first-order valence-corrected chi connectivity index (χ1v) is 10.2. The lowest BCUT2D eigenvalue weighted by molar-refractivity contribution is 0.0298. The first-order chi connectivity index (χ1) is 13.7. The summed E-state index contributed by atoms with van der Waals surface area (Å²) in [6.07, 6.45) is 0. The molecular weight excluding hydrogens is 377 g/mol. The zero-order valence-electron chi connectivity index (χ0n) is 15.1. The van der Waals surface area contributed by atoms with Crippen molar-refractivity contribution in [1.29, 1.82) is 0 Å². The van der Waals surface area contributed by atoms with Gasteiger partial charge in [0.15, 0.2) is 5.69 Å². The Balaban J connectivity index is 1.71. The normalized spacial score (nSPS) is 15.8. The van der Waals surface area contributed by atoms with Crippen LogP contribution < -0.4 is 0 Å². The van der Waals surface area contributed by atoms with Crippen LogP contribution in [0.5, 0.6) is 0 Å².